The highest BCUT2D eigenvalue weighted by Gasteiger charge is 2.23. The minimum Gasteiger partial charge on any atom is -0.366 e. The van der Waals surface area contributed by atoms with E-state index in [1.165, 1.54) is 4.88 Å². The number of morpholine rings is 1. The van der Waals surface area contributed by atoms with Gasteiger partial charge >= 0.3 is 0 Å². The van der Waals surface area contributed by atoms with Gasteiger partial charge in [0.2, 0.25) is 0 Å². The van der Waals surface area contributed by atoms with Crippen molar-refractivity contribution in [2.24, 2.45) is 0 Å². The number of rotatable bonds is 5. The zero-order valence-electron chi connectivity index (χ0n) is 11.4. The van der Waals surface area contributed by atoms with Crippen LogP contribution in [0.25, 0.3) is 0 Å². The van der Waals surface area contributed by atoms with Gasteiger partial charge in [-0.15, -0.1) is 11.3 Å². The van der Waals surface area contributed by atoms with Gasteiger partial charge in [-0.3, -0.25) is 4.79 Å². The monoisotopic (exact) mass is 283 g/mol. The van der Waals surface area contributed by atoms with Gasteiger partial charge < -0.3 is 20.3 Å². The highest BCUT2D eigenvalue weighted by atomic mass is 32.1. The van der Waals surface area contributed by atoms with Gasteiger partial charge in [0.1, 0.15) is 6.10 Å². The fourth-order valence-corrected chi connectivity index (χ4v) is 2.99. The van der Waals surface area contributed by atoms with Gasteiger partial charge in [0.15, 0.2) is 0 Å². The SMILES string of the molecule is CN(C)C(CNC(=O)C1CNCCO1)c1cccs1. The molecule has 19 heavy (non-hydrogen) atoms. The highest BCUT2D eigenvalue weighted by Crippen LogP contribution is 2.22. The van der Waals surface area contributed by atoms with E-state index in [-0.39, 0.29) is 18.1 Å². The normalized spacial score (nSPS) is 21.3. The maximum atomic E-state index is 12.0. The third kappa shape index (κ3) is 4.01. The Morgan fingerprint density at radius 2 is 2.53 bits per heavy atom. The second-order valence-electron chi connectivity index (χ2n) is 4.80. The number of hydrogen-bond donors (Lipinski definition) is 2. The molecule has 1 aromatic rings. The van der Waals surface area contributed by atoms with Crippen molar-refractivity contribution < 1.29 is 9.53 Å². The number of carbonyl (C=O) groups excluding carboxylic acids is 1. The first-order valence-corrected chi connectivity index (χ1v) is 7.36. The van der Waals surface area contributed by atoms with E-state index in [9.17, 15) is 4.79 Å². The molecule has 1 saturated heterocycles. The molecular formula is C13H21N3O2S. The Labute approximate surface area is 117 Å². The third-order valence-electron chi connectivity index (χ3n) is 3.18. The van der Waals surface area contributed by atoms with Crippen LogP contribution in [0.4, 0.5) is 0 Å². The topological polar surface area (TPSA) is 53.6 Å². The molecular weight excluding hydrogens is 262 g/mol. The standard InChI is InChI=1S/C13H21N3O2S/c1-16(2)10(12-4-3-7-19-12)8-15-13(17)11-9-14-5-6-18-11/h3-4,7,10-11,14H,5-6,8-9H2,1-2H3,(H,15,17). The lowest BCUT2D eigenvalue weighted by Gasteiger charge is -2.26. The van der Waals surface area contributed by atoms with Crippen molar-refractivity contribution >= 4 is 17.2 Å². The number of amides is 1. The van der Waals surface area contributed by atoms with Gasteiger partial charge in [0.05, 0.1) is 12.6 Å². The first-order valence-electron chi connectivity index (χ1n) is 6.48. The average Bonchev–Trinajstić information content (AvgIpc) is 2.93. The van der Waals surface area contributed by atoms with Gasteiger partial charge in [0, 0.05) is 24.5 Å². The largest absolute Gasteiger partial charge is 0.366 e. The second kappa shape index (κ2) is 7.00. The predicted molar refractivity (Wildman–Crippen MR) is 76.4 cm³/mol. The van der Waals surface area contributed by atoms with Crippen molar-refractivity contribution in [2.75, 3.05) is 40.3 Å². The fourth-order valence-electron chi connectivity index (χ4n) is 2.06. The summed E-state index contributed by atoms with van der Waals surface area (Å²) in [7, 11) is 4.05. The van der Waals surface area contributed by atoms with Crippen molar-refractivity contribution in [1.82, 2.24) is 15.5 Å². The van der Waals surface area contributed by atoms with Crippen molar-refractivity contribution in [3.05, 3.63) is 22.4 Å². The molecule has 2 unspecified atom stereocenters. The maximum Gasteiger partial charge on any atom is 0.250 e. The molecule has 0 aliphatic carbocycles. The first-order chi connectivity index (χ1) is 9.18. The summed E-state index contributed by atoms with van der Waals surface area (Å²) in [5, 5.41) is 8.20. The summed E-state index contributed by atoms with van der Waals surface area (Å²) >= 11 is 1.71. The zero-order valence-corrected chi connectivity index (χ0v) is 12.2. The Morgan fingerprint density at radius 3 is 3.11 bits per heavy atom. The number of nitrogens with zero attached hydrogens (tertiary/aromatic N) is 1. The van der Waals surface area contributed by atoms with Crippen molar-refractivity contribution in [2.45, 2.75) is 12.1 Å². The minimum absolute atomic E-state index is 0.0318. The van der Waals surface area contributed by atoms with Crippen LogP contribution in [-0.4, -0.2) is 57.2 Å². The molecule has 0 radical (unpaired) electrons. The van der Waals surface area contributed by atoms with Crippen LogP contribution in [0.2, 0.25) is 0 Å². The van der Waals surface area contributed by atoms with Crippen molar-refractivity contribution in [3.8, 4) is 0 Å². The molecule has 6 heteroatoms. The van der Waals surface area contributed by atoms with Crippen LogP contribution >= 0.6 is 11.3 Å². The zero-order chi connectivity index (χ0) is 13.7. The Hall–Kier alpha value is -0.950. The molecule has 0 saturated carbocycles. The fraction of sp³-hybridized carbons (Fsp3) is 0.615. The van der Waals surface area contributed by atoms with Crippen molar-refractivity contribution in [1.29, 1.82) is 0 Å². The molecule has 0 bridgehead atoms. The van der Waals surface area contributed by atoms with Crippen LogP contribution < -0.4 is 10.6 Å². The third-order valence-corrected chi connectivity index (χ3v) is 4.16. The van der Waals surface area contributed by atoms with Crippen LogP contribution in [0.5, 0.6) is 0 Å². The van der Waals surface area contributed by atoms with E-state index < -0.39 is 0 Å². The van der Waals surface area contributed by atoms with Gasteiger partial charge in [-0.05, 0) is 25.5 Å². The van der Waals surface area contributed by atoms with E-state index in [1.807, 2.05) is 20.2 Å². The molecule has 2 heterocycles. The molecule has 1 aliphatic rings. The van der Waals surface area contributed by atoms with E-state index in [0.717, 1.165) is 6.54 Å². The number of ether oxygens (including phenoxy) is 1. The van der Waals surface area contributed by atoms with Crippen LogP contribution in [0, 0.1) is 0 Å². The summed E-state index contributed by atoms with van der Waals surface area (Å²) in [5.41, 5.74) is 0. The average molecular weight is 283 g/mol. The van der Waals surface area contributed by atoms with Gasteiger partial charge in [-0.25, -0.2) is 0 Å². The molecule has 2 N–H and O–H groups in total. The minimum atomic E-state index is -0.361. The number of carbonyl (C=O) groups is 1. The molecule has 106 valence electrons. The van der Waals surface area contributed by atoms with Crippen LogP contribution in [0.15, 0.2) is 17.5 Å². The maximum absolute atomic E-state index is 12.0. The number of likely N-dealkylation sites (N-methyl/N-ethyl adjacent to an activating group) is 1. The lowest BCUT2D eigenvalue weighted by Crippen LogP contribution is -2.49. The van der Waals surface area contributed by atoms with Gasteiger partial charge in [0.25, 0.3) is 5.91 Å². The van der Waals surface area contributed by atoms with Crippen molar-refractivity contribution in [3.63, 3.8) is 0 Å². The van der Waals surface area contributed by atoms with Crippen LogP contribution in [0.3, 0.4) is 0 Å². The molecule has 1 fully saturated rings. The lowest BCUT2D eigenvalue weighted by molar-refractivity contribution is -0.134. The summed E-state index contributed by atoms with van der Waals surface area (Å²) in [6, 6.07) is 4.34. The highest BCUT2D eigenvalue weighted by molar-refractivity contribution is 7.10. The first kappa shape index (κ1) is 14.5. The van der Waals surface area contributed by atoms with E-state index in [2.05, 4.69) is 27.0 Å². The summed E-state index contributed by atoms with van der Waals surface area (Å²) in [6.45, 7) is 2.61. The van der Waals surface area contributed by atoms with E-state index in [4.69, 9.17) is 4.74 Å². The van der Waals surface area contributed by atoms with Gasteiger partial charge in [-0.2, -0.15) is 0 Å². The number of thiophene rings is 1. The number of hydrogen-bond acceptors (Lipinski definition) is 5. The van der Waals surface area contributed by atoms with Gasteiger partial charge in [-0.1, -0.05) is 6.07 Å². The van der Waals surface area contributed by atoms with Crippen LogP contribution in [-0.2, 0) is 9.53 Å². The molecule has 1 aliphatic heterocycles. The molecule has 2 rings (SSSR count). The Bertz CT molecular complexity index is 389. The molecule has 0 spiro atoms. The van der Waals surface area contributed by atoms with E-state index in [1.54, 1.807) is 11.3 Å². The molecule has 1 aromatic heterocycles. The lowest BCUT2D eigenvalue weighted by atomic mass is 10.2. The number of nitrogens with one attached hydrogen (secondary N) is 2. The summed E-state index contributed by atoms with van der Waals surface area (Å²) < 4.78 is 5.44. The molecule has 0 aromatic carbocycles. The molecule has 5 nitrogen and oxygen atoms in total. The second-order valence-corrected chi connectivity index (χ2v) is 5.78. The summed E-state index contributed by atoms with van der Waals surface area (Å²) in [5.74, 6) is -0.0318. The Morgan fingerprint density at radius 1 is 1.68 bits per heavy atom. The smallest absolute Gasteiger partial charge is 0.250 e. The Balaban J connectivity index is 1.86. The molecule has 1 amide bonds. The van der Waals surface area contributed by atoms with E-state index in [0.29, 0.717) is 19.7 Å². The van der Waals surface area contributed by atoms with Crippen LogP contribution in [0.1, 0.15) is 10.9 Å². The summed E-state index contributed by atoms with van der Waals surface area (Å²) in [4.78, 5) is 15.4. The predicted octanol–water partition coefficient (Wildman–Crippen LogP) is 0.455. The quantitative estimate of drug-likeness (QED) is 0.824. The Kier molecular flexibility index (Phi) is 5.33. The molecule has 2 atom stereocenters. The van der Waals surface area contributed by atoms with E-state index >= 15 is 0 Å². The summed E-state index contributed by atoms with van der Waals surface area (Å²) in [6.07, 6.45) is -0.361.